The van der Waals surface area contributed by atoms with Crippen LogP contribution in [0.3, 0.4) is 0 Å². The van der Waals surface area contributed by atoms with Gasteiger partial charge in [-0.05, 0) is 84.1 Å². The van der Waals surface area contributed by atoms with Gasteiger partial charge in [0.1, 0.15) is 6.10 Å². The zero-order valence-corrected chi connectivity index (χ0v) is 20.1. The first kappa shape index (κ1) is 21.7. The number of phenols is 1. The first-order valence-corrected chi connectivity index (χ1v) is 12.9. The zero-order valence-electron chi connectivity index (χ0n) is 20.1. The maximum Gasteiger partial charge on any atom is 0.239 e. The number of rotatable bonds is 4. The fraction of sp³-hybridized carbons (Fsp3) is 0.731. The van der Waals surface area contributed by atoms with E-state index in [-0.39, 0.29) is 35.9 Å². The second kappa shape index (κ2) is 7.33. The molecule has 7 heteroatoms. The lowest BCUT2D eigenvalue weighted by Crippen LogP contribution is -2.78. The van der Waals surface area contributed by atoms with Crippen LogP contribution in [0.25, 0.3) is 0 Å². The minimum Gasteiger partial charge on any atom is -0.504 e. The number of likely N-dealkylation sites (N-methyl/N-ethyl adjacent to an activating group) is 2. The van der Waals surface area contributed by atoms with Crippen molar-refractivity contribution >= 4 is 5.91 Å². The Labute approximate surface area is 196 Å². The van der Waals surface area contributed by atoms with Gasteiger partial charge in [0.2, 0.25) is 5.91 Å². The van der Waals surface area contributed by atoms with E-state index >= 15 is 0 Å². The van der Waals surface area contributed by atoms with Crippen LogP contribution in [0.4, 0.5) is 0 Å². The maximum atomic E-state index is 13.4. The third kappa shape index (κ3) is 2.59. The van der Waals surface area contributed by atoms with Crippen LogP contribution in [0.5, 0.6) is 11.5 Å². The SMILES string of the molecule is CCN(CC)C(=O)[C@H]1CCCN1[C@@H]1CC[C@@]2(O)[C@H]3Cc4ccc(O)c5c4[C@@]2(CCN3C)[C@H]1O5. The van der Waals surface area contributed by atoms with E-state index < -0.39 is 11.0 Å². The van der Waals surface area contributed by atoms with E-state index in [2.05, 4.69) is 16.8 Å². The number of hydrogen-bond donors (Lipinski definition) is 2. The molecule has 3 heterocycles. The van der Waals surface area contributed by atoms with Crippen molar-refractivity contribution in [3.8, 4) is 11.5 Å². The van der Waals surface area contributed by atoms with Gasteiger partial charge in [0.25, 0.3) is 0 Å². The molecule has 0 radical (unpaired) electrons. The number of piperidine rings is 1. The molecule has 3 aliphatic heterocycles. The van der Waals surface area contributed by atoms with Crippen LogP contribution in [-0.4, -0.2) is 93.9 Å². The first-order chi connectivity index (χ1) is 15.9. The van der Waals surface area contributed by atoms with Crippen LogP contribution in [0.2, 0.25) is 0 Å². The Balaban J connectivity index is 1.45. The summed E-state index contributed by atoms with van der Waals surface area (Å²) in [4.78, 5) is 20.1. The molecule has 1 aromatic carbocycles. The molecular weight excluding hydrogens is 418 g/mol. The molecule has 6 atom stereocenters. The highest BCUT2D eigenvalue weighted by molar-refractivity contribution is 5.82. The molecule has 0 unspecified atom stereocenters. The predicted molar refractivity (Wildman–Crippen MR) is 125 cm³/mol. The number of aliphatic hydroxyl groups is 1. The minimum atomic E-state index is -0.884. The van der Waals surface area contributed by atoms with Crippen LogP contribution in [0.15, 0.2) is 12.1 Å². The van der Waals surface area contributed by atoms with Crippen LogP contribution >= 0.6 is 0 Å². The van der Waals surface area contributed by atoms with Gasteiger partial charge in [-0.1, -0.05) is 6.07 Å². The van der Waals surface area contributed by atoms with Gasteiger partial charge in [0.15, 0.2) is 11.5 Å². The second-order valence-corrected chi connectivity index (χ2v) is 10.8. The quantitative estimate of drug-likeness (QED) is 0.722. The summed E-state index contributed by atoms with van der Waals surface area (Å²) in [6, 6.07) is 3.76. The summed E-state index contributed by atoms with van der Waals surface area (Å²) >= 11 is 0. The number of aromatic hydroxyl groups is 1. The van der Waals surface area contributed by atoms with Gasteiger partial charge in [0, 0.05) is 30.7 Å². The highest BCUT2D eigenvalue weighted by Gasteiger charge is 2.73. The summed E-state index contributed by atoms with van der Waals surface area (Å²) in [7, 11) is 2.12. The van der Waals surface area contributed by atoms with Crippen LogP contribution in [0.1, 0.15) is 57.1 Å². The van der Waals surface area contributed by atoms with E-state index in [0.717, 1.165) is 63.8 Å². The Kier molecular flexibility index (Phi) is 4.82. The van der Waals surface area contributed by atoms with Gasteiger partial charge >= 0.3 is 0 Å². The average Bonchev–Trinajstić information content (AvgIpc) is 3.42. The highest BCUT2D eigenvalue weighted by Crippen LogP contribution is 2.65. The van der Waals surface area contributed by atoms with Gasteiger partial charge in [-0.3, -0.25) is 9.69 Å². The number of phenolic OH excluding ortho intramolecular Hbond substituents is 1. The van der Waals surface area contributed by atoms with Crippen molar-refractivity contribution in [2.75, 3.05) is 33.2 Å². The summed E-state index contributed by atoms with van der Waals surface area (Å²) in [6.07, 6.45) is 4.73. The lowest BCUT2D eigenvalue weighted by molar-refractivity contribution is -0.197. The van der Waals surface area contributed by atoms with Crippen molar-refractivity contribution in [2.45, 2.75) is 87.6 Å². The van der Waals surface area contributed by atoms with Crippen molar-refractivity contribution in [3.63, 3.8) is 0 Å². The average molecular weight is 456 g/mol. The molecule has 33 heavy (non-hydrogen) atoms. The standard InChI is InChI=1S/C26H37N3O4/c1-4-28(5-2)24(31)18-7-6-13-29(18)17-10-11-26(32)20-15-16-8-9-19(30)22-21(16)25(26,23(17)33-22)12-14-27(20)3/h8-9,17-18,20,23,30,32H,4-7,10-15H2,1-3H3/t17-,18-,20-,23+,25+,26-/m1/s1. The fourth-order valence-corrected chi connectivity index (χ4v) is 8.26. The summed E-state index contributed by atoms with van der Waals surface area (Å²) in [5.74, 6) is 0.976. The van der Waals surface area contributed by atoms with Gasteiger partial charge in [-0.25, -0.2) is 0 Å². The highest BCUT2D eigenvalue weighted by atomic mass is 16.5. The third-order valence-corrected chi connectivity index (χ3v) is 9.78. The van der Waals surface area contributed by atoms with Crippen molar-refractivity contribution in [1.82, 2.24) is 14.7 Å². The Bertz CT molecular complexity index is 981. The summed E-state index contributed by atoms with van der Waals surface area (Å²) in [5.41, 5.74) is 0.838. The number of nitrogens with zero attached hydrogens (tertiary/aromatic N) is 3. The predicted octanol–water partition coefficient (Wildman–Crippen LogP) is 1.88. The van der Waals surface area contributed by atoms with Gasteiger partial charge < -0.3 is 24.7 Å². The molecule has 2 bridgehead atoms. The third-order valence-electron chi connectivity index (χ3n) is 9.78. The van der Waals surface area contributed by atoms with Gasteiger partial charge in [0.05, 0.1) is 17.1 Å². The number of ether oxygens (including phenoxy) is 1. The fourth-order valence-electron chi connectivity index (χ4n) is 8.26. The van der Waals surface area contributed by atoms with Crippen molar-refractivity contribution in [2.24, 2.45) is 0 Å². The minimum absolute atomic E-state index is 0.0491. The monoisotopic (exact) mass is 455 g/mol. The van der Waals surface area contributed by atoms with Crippen LogP contribution < -0.4 is 4.74 Å². The molecule has 2 saturated heterocycles. The van der Waals surface area contributed by atoms with Crippen LogP contribution in [0, 0.1) is 0 Å². The Morgan fingerprint density at radius 1 is 1.21 bits per heavy atom. The summed E-state index contributed by atoms with van der Waals surface area (Å²) in [6.45, 7) is 7.32. The molecule has 1 aromatic rings. The molecule has 2 aliphatic carbocycles. The molecule has 180 valence electrons. The molecule has 5 aliphatic rings. The molecule has 7 nitrogen and oxygen atoms in total. The summed E-state index contributed by atoms with van der Waals surface area (Å²) in [5, 5.41) is 23.2. The molecule has 1 spiro atoms. The number of benzene rings is 1. The summed E-state index contributed by atoms with van der Waals surface area (Å²) < 4.78 is 6.68. The Hall–Kier alpha value is -1.83. The van der Waals surface area contributed by atoms with Crippen molar-refractivity contribution < 1.29 is 19.7 Å². The normalized spacial score (nSPS) is 39.3. The molecule has 6 rings (SSSR count). The van der Waals surface area contributed by atoms with Crippen molar-refractivity contribution in [3.05, 3.63) is 23.3 Å². The van der Waals surface area contributed by atoms with Gasteiger partial charge in [-0.15, -0.1) is 0 Å². The number of likely N-dealkylation sites (tertiary alicyclic amines) is 2. The molecule has 3 fully saturated rings. The first-order valence-electron chi connectivity index (χ1n) is 12.9. The van der Waals surface area contributed by atoms with E-state index in [0.29, 0.717) is 12.2 Å². The lowest BCUT2D eigenvalue weighted by Gasteiger charge is -2.64. The molecule has 0 aromatic heterocycles. The largest absolute Gasteiger partial charge is 0.504 e. The molecule has 2 N–H and O–H groups in total. The number of hydrogen-bond acceptors (Lipinski definition) is 6. The zero-order chi connectivity index (χ0) is 23.1. The van der Waals surface area contributed by atoms with Crippen LogP contribution in [-0.2, 0) is 16.6 Å². The van der Waals surface area contributed by atoms with E-state index in [9.17, 15) is 15.0 Å². The Morgan fingerprint density at radius 2 is 2.00 bits per heavy atom. The van der Waals surface area contributed by atoms with E-state index in [1.807, 2.05) is 24.8 Å². The Morgan fingerprint density at radius 3 is 2.76 bits per heavy atom. The topological polar surface area (TPSA) is 76.5 Å². The number of carbonyl (C=O) groups is 1. The molecule has 1 amide bonds. The molecular formula is C26H37N3O4. The molecule has 1 saturated carbocycles. The van der Waals surface area contributed by atoms with E-state index in [1.54, 1.807) is 6.07 Å². The number of carbonyl (C=O) groups excluding carboxylic acids is 1. The lowest BCUT2D eigenvalue weighted by atomic mass is 9.48. The van der Waals surface area contributed by atoms with E-state index in [4.69, 9.17) is 4.74 Å². The van der Waals surface area contributed by atoms with E-state index in [1.165, 1.54) is 5.56 Å². The smallest absolute Gasteiger partial charge is 0.239 e. The van der Waals surface area contributed by atoms with Gasteiger partial charge in [-0.2, -0.15) is 0 Å². The van der Waals surface area contributed by atoms with Crippen molar-refractivity contribution in [1.29, 1.82) is 0 Å². The second-order valence-electron chi connectivity index (χ2n) is 10.8. The number of amides is 1. The maximum absolute atomic E-state index is 13.4.